The molecule has 0 aliphatic rings. The van der Waals surface area contributed by atoms with Gasteiger partial charge in [0.25, 0.3) is 10.9 Å². The van der Waals surface area contributed by atoms with Gasteiger partial charge in [-0.05, 0) is 12.1 Å². The van der Waals surface area contributed by atoms with Crippen molar-refractivity contribution in [2.45, 2.75) is 25.3 Å². The van der Waals surface area contributed by atoms with Crippen LogP contribution in [0.1, 0.15) is 18.0 Å². The van der Waals surface area contributed by atoms with Gasteiger partial charge in [0.1, 0.15) is 11.4 Å². The summed E-state index contributed by atoms with van der Waals surface area (Å²) in [5.74, 6) is -1.83. The molecule has 0 amide bonds. The van der Waals surface area contributed by atoms with Crippen molar-refractivity contribution in [3.05, 3.63) is 50.4 Å². The molecule has 0 bridgehead atoms. The van der Waals surface area contributed by atoms with Crippen LogP contribution in [0.5, 0.6) is 0 Å². The summed E-state index contributed by atoms with van der Waals surface area (Å²) in [6.07, 6.45) is -9.17. The van der Waals surface area contributed by atoms with Gasteiger partial charge in [0.05, 0.1) is 18.7 Å². The van der Waals surface area contributed by atoms with Gasteiger partial charge in [-0.1, -0.05) is 5.16 Å². The van der Waals surface area contributed by atoms with Crippen molar-refractivity contribution in [1.29, 1.82) is 0 Å². The number of aromatic nitrogens is 3. The number of pyridine rings is 1. The van der Waals surface area contributed by atoms with Gasteiger partial charge in [0.15, 0.2) is 0 Å². The fourth-order valence-electron chi connectivity index (χ4n) is 2.61. The van der Waals surface area contributed by atoms with E-state index in [1.165, 1.54) is 25.4 Å². The van der Waals surface area contributed by atoms with Crippen molar-refractivity contribution < 1.29 is 30.9 Å². The molecular formula is C17H13F6N5O3. The topological polar surface area (TPSA) is 101 Å². The first-order valence-corrected chi connectivity index (χ1v) is 8.58. The van der Waals surface area contributed by atoms with E-state index in [1.54, 1.807) is 0 Å². The Kier molecular flexibility index (Phi) is 5.74. The molecule has 0 saturated carbocycles. The minimum absolute atomic E-state index is 0.0642. The van der Waals surface area contributed by atoms with Gasteiger partial charge < -0.3 is 14.7 Å². The zero-order valence-electron chi connectivity index (χ0n) is 15.6. The van der Waals surface area contributed by atoms with Crippen LogP contribution in [0.15, 0.2) is 32.4 Å². The number of rotatable bonds is 7. The van der Waals surface area contributed by atoms with E-state index in [9.17, 15) is 35.9 Å². The number of nitrogens with one attached hydrogen (secondary N) is 1. The maximum atomic E-state index is 12.5. The first-order valence-electron chi connectivity index (χ1n) is 8.58. The predicted octanol–water partition coefficient (Wildman–Crippen LogP) is 2.75. The molecule has 1 aromatic carbocycles. The first-order chi connectivity index (χ1) is 14.4. The Hall–Kier alpha value is -3.45. The average molecular weight is 449 g/mol. The summed E-state index contributed by atoms with van der Waals surface area (Å²) in [5.41, 5.74) is -1.57. The van der Waals surface area contributed by atoms with Gasteiger partial charge in [-0.15, -0.1) is 0 Å². The number of hydrogen-bond donors (Lipinski definition) is 1. The second-order valence-electron chi connectivity index (χ2n) is 6.48. The van der Waals surface area contributed by atoms with Crippen LogP contribution in [-0.4, -0.2) is 34.9 Å². The van der Waals surface area contributed by atoms with Crippen molar-refractivity contribution in [1.82, 2.24) is 15.1 Å². The van der Waals surface area contributed by atoms with Crippen LogP contribution in [0, 0.1) is 0 Å². The van der Waals surface area contributed by atoms with Gasteiger partial charge in [-0.3, -0.25) is 14.6 Å². The third kappa shape index (κ3) is 5.00. The maximum Gasteiger partial charge on any atom is 0.471 e. The van der Waals surface area contributed by atoms with E-state index in [4.69, 9.17) is 0 Å². The second-order valence-corrected chi connectivity index (χ2v) is 6.48. The highest BCUT2D eigenvalue weighted by atomic mass is 19.4. The zero-order valence-corrected chi connectivity index (χ0v) is 15.6. The molecule has 3 rings (SSSR count). The Balaban J connectivity index is 1.66. The summed E-state index contributed by atoms with van der Waals surface area (Å²) in [7, 11) is 1.26. The Bertz CT molecular complexity index is 1130. The lowest BCUT2D eigenvalue weighted by molar-refractivity contribution is -0.159. The van der Waals surface area contributed by atoms with E-state index >= 15 is 0 Å². The number of nitrogens with zero attached hydrogens (tertiary/aromatic N) is 4. The van der Waals surface area contributed by atoms with Crippen molar-refractivity contribution in [3.8, 4) is 11.4 Å². The first kappa shape index (κ1) is 22.2. The molecule has 0 saturated heterocycles. The molecule has 0 atom stereocenters. The Labute approximate surface area is 169 Å². The fraction of sp³-hybridized carbons (Fsp3) is 0.353. The predicted molar refractivity (Wildman–Crippen MR) is 95.2 cm³/mol. The molecule has 2 heterocycles. The standard InChI is InChI=1S/C17H13F6N5O3/c1-28(5-4-16(18,19)20)11-10(12(29)13(11)30)25-7-9-3-2-8(6-24-9)14-26-15(31-27-14)17(21,22)23/h2-3,6,25H,4-5,7H2,1H3. The molecule has 1 N–H and O–H groups in total. The largest absolute Gasteiger partial charge is 0.471 e. The summed E-state index contributed by atoms with van der Waals surface area (Å²) in [4.78, 5) is 31.8. The lowest BCUT2D eigenvalue weighted by atomic mass is 10.1. The van der Waals surface area contributed by atoms with Crippen LogP contribution in [0.4, 0.5) is 37.7 Å². The van der Waals surface area contributed by atoms with Crippen LogP contribution in [0.3, 0.4) is 0 Å². The highest BCUT2D eigenvalue weighted by Crippen LogP contribution is 2.29. The molecule has 3 aromatic rings. The van der Waals surface area contributed by atoms with Gasteiger partial charge >= 0.3 is 18.2 Å². The number of halogens is 6. The lowest BCUT2D eigenvalue weighted by Gasteiger charge is -2.24. The normalized spacial score (nSPS) is 12.4. The van der Waals surface area contributed by atoms with E-state index in [1.807, 2.05) is 0 Å². The Morgan fingerprint density at radius 1 is 1.10 bits per heavy atom. The average Bonchev–Trinajstić information content (AvgIpc) is 3.19. The van der Waals surface area contributed by atoms with Crippen LogP contribution < -0.4 is 21.1 Å². The summed E-state index contributed by atoms with van der Waals surface area (Å²) in [6, 6.07) is 2.78. The zero-order chi connectivity index (χ0) is 23.0. The molecule has 31 heavy (non-hydrogen) atoms. The molecule has 0 unspecified atom stereocenters. The molecule has 0 aliphatic heterocycles. The molecule has 0 spiro atoms. The van der Waals surface area contributed by atoms with Crippen LogP contribution in [-0.2, 0) is 12.7 Å². The number of anilines is 2. The summed E-state index contributed by atoms with van der Waals surface area (Å²) >= 11 is 0. The van der Waals surface area contributed by atoms with Gasteiger partial charge in [0, 0.05) is 25.4 Å². The fourth-order valence-corrected chi connectivity index (χ4v) is 2.61. The molecule has 2 aromatic heterocycles. The Morgan fingerprint density at radius 3 is 2.35 bits per heavy atom. The third-order valence-corrected chi connectivity index (χ3v) is 4.20. The van der Waals surface area contributed by atoms with E-state index in [0.29, 0.717) is 5.69 Å². The van der Waals surface area contributed by atoms with Gasteiger partial charge in [0.2, 0.25) is 5.82 Å². The van der Waals surface area contributed by atoms with Crippen LogP contribution >= 0.6 is 0 Å². The van der Waals surface area contributed by atoms with Crippen LogP contribution in [0.2, 0.25) is 0 Å². The van der Waals surface area contributed by atoms with Crippen molar-refractivity contribution in [2.75, 3.05) is 23.8 Å². The minimum Gasteiger partial charge on any atom is -0.374 e. The maximum absolute atomic E-state index is 12.5. The SMILES string of the molecule is CN(CCC(F)(F)F)c1c(NCc2ccc(-c3noc(C(F)(F)F)n3)cn2)c(=O)c1=O. The van der Waals surface area contributed by atoms with E-state index in [0.717, 1.165) is 4.90 Å². The molecule has 166 valence electrons. The van der Waals surface area contributed by atoms with Crippen molar-refractivity contribution >= 4 is 11.4 Å². The van der Waals surface area contributed by atoms with Crippen molar-refractivity contribution in [2.24, 2.45) is 0 Å². The summed E-state index contributed by atoms with van der Waals surface area (Å²) < 4.78 is 78.8. The number of alkyl halides is 6. The Morgan fingerprint density at radius 2 is 1.81 bits per heavy atom. The van der Waals surface area contributed by atoms with Crippen molar-refractivity contribution in [3.63, 3.8) is 0 Å². The molecule has 0 fully saturated rings. The minimum atomic E-state index is -4.78. The van der Waals surface area contributed by atoms with E-state index in [2.05, 4.69) is 25.0 Å². The molecule has 0 aliphatic carbocycles. The third-order valence-electron chi connectivity index (χ3n) is 4.20. The monoisotopic (exact) mass is 449 g/mol. The smallest absolute Gasteiger partial charge is 0.374 e. The molecule has 0 radical (unpaired) electrons. The molecular weight excluding hydrogens is 436 g/mol. The summed E-state index contributed by atoms with van der Waals surface area (Å²) in [5, 5.41) is 5.88. The molecule has 14 heteroatoms. The van der Waals surface area contributed by atoms with Gasteiger partial charge in [-0.25, -0.2) is 0 Å². The highest BCUT2D eigenvalue weighted by molar-refractivity contribution is 5.75. The second kappa shape index (κ2) is 8.00. The molecule has 8 nitrogen and oxygen atoms in total. The van der Waals surface area contributed by atoms with E-state index in [-0.39, 0.29) is 29.3 Å². The highest BCUT2D eigenvalue weighted by Gasteiger charge is 2.38. The van der Waals surface area contributed by atoms with Gasteiger partial charge in [-0.2, -0.15) is 31.3 Å². The lowest BCUT2D eigenvalue weighted by Crippen LogP contribution is -2.42. The summed E-state index contributed by atoms with van der Waals surface area (Å²) in [6.45, 7) is -0.564. The van der Waals surface area contributed by atoms with Crippen LogP contribution in [0.25, 0.3) is 11.4 Å². The van der Waals surface area contributed by atoms with E-state index < -0.39 is 42.1 Å². The number of hydrogen-bond acceptors (Lipinski definition) is 8. The quantitative estimate of drug-likeness (QED) is 0.434.